The highest BCUT2D eigenvalue weighted by Gasteiger charge is 2.26. The van der Waals surface area contributed by atoms with Gasteiger partial charge in [0.25, 0.3) is 0 Å². The van der Waals surface area contributed by atoms with Gasteiger partial charge in [0.1, 0.15) is 13.2 Å². The summed E-state index contributed by atoms with van der Waals surface area (Å²) in [5.41, 5.74) is 0. The van der Waals surface area contributed by atoms with E-state index in [1.54, 1.807) is 0 Å². The van der Waals surface area contributed by atoms with Gasteiger partial charge in [-0.15, -0.1) is 0 Å². The number of hydrogen-bond acceptors (Lipinski definition) is 6. The van der Waals surface area contributed by atoms with E-state index in [0.29, 0.717) is 26.4 Å². The maximum absolute atomic E-state index is 11.9. The highest BCUT2D eigenvalue weighted by Crippen LogP contribution is 2.27. The monoisotopic (exact) mass is 396 g/mol. The summed E-state index contributed by atoms with van der Waals surface area (Å²) in [6, 6.07) is 0. The summed E-state index contributed by atoms with van der Waals surface area (Å²) in [5, 5.41) is 0. The van der Waals surface area contributed by atoms with Gasteiger partial charge >= 0.3 is 11.9 Å². The number of carbonyl (C=O) groups is 2. The Morgan fingerprint density at radius 3 is 1.43 bits per heavy atom. The Morgan fingerprint density at radius 2 is 1.00 bits per heavy atom. The van der Waals surface area contributed by atoms with Gasteiger partial charge in [0, 0.05) is 0 Å². The summed E-state index contributed by atoms with van der Waals surface area (Å²) in [6.45, 7) is 1.59. The van der Waals surface area contributed by atoms with Gasteiger partial charge in [-0.1, -0.05) is 25.7 Å². The first-order valence-electron chi connectivity index (χ1n) is 11.3. The van der Waals surface area contributed by atoms with Gasteiger partial charge in [0.15, 0.2) is 0 Å². The van der Waals surface area contributed by atoms with Crippen molar-refractivity contribution < 1.29 is 28.5 Å². The molecular formula is C22H36O6. The van der Waals surface area contributed by atoms with Crippen LogP contribution in [-0.2, 0) is 28.5 Å². The Kier molecular flexibility index (Phi) is 9.06. The summed E-state index contributed by atoms with van der Waals surface area (Å²) >= 11 is 0. The van der Waals surface area contributed by atoms with E-state index >= 15 is 0 Å². The second kappa shape index (κ2) is 11.8. The van der Waals surface area contributed by atoms with Crippen LogP contribution in [-0.4, -0.2) is 50.6 Å². The first-order chi connectivity index (χ1) is 13.7. The summed E-state index contributed by atoms with van der Waals surface area (Å²) in [7, 11) is 0. The third-order valence-electron chi connectivity index (χ3n) is 6.32. The average Bonchev–Trinajstić information content (AvgIpc) is 3.42. The zero-order valence-electron chi connectivity index (χ0n) is 17.1. The second-order valence-corrected chi connectivity index (χ2v) is 8.45. The molecule has 0 aliphatic heterocycles. The highest BCUT2D eigenvalue weighted by molar-refractivity contribution is 5.73. The molecule has 3 fully saturated rings. The third kappa shape index (κ3) is 7.03. The van der Waals surface area contributed by atoms with E-state index in [9.17, 15) is 9.59 Å². The SMILES string of the molecule is O=C(OCCOC1CCCC(OCCOC(=O)C2CCCC2)C1)C1CCCC1. The zero-order chi connectivity index (χ0) is 19.6. The Morgan fingerprint density at radius 1 is 0.571 bits per heavy atom. The molecule has 6 heteroatoms. The van der Waals surface area contributed by atoms with Crippen LogP contribution in [0.1, 0.15) is 77.0 Å². The Bertz CT molecular complexity index is 439. The van der Waals surface area contributed by atoms with Crippen molar-refractivity contribution >= 4 is 11.9 Å². The third-order valence-corrected chi connectivity index (χ3v) is 6.32. The number of hydrogen-bond donors (Lipinski definition) is 0. The number of carbonyl (C=O) groups excluding carboxylic acids is 2. The molecule has 0 aromatic carbocycles. The maximum atomic E-state index is 11.9. The maximum Gasteiger partial charge on any atom is 0.309 e. The molecule has 0 amide bonds. The lowest BCUT2D eigenvalue weighted by Gasteiger charge is -2.29. The van der Waals surface area contributed by atoms with Crippen molar-refractivity contribution in [3.63, 3.8) is 0 Å². The van der Waals surface area contributed by atoms with E-state index in [1.807, 2.05) is 0 Å². The minimum Gasteiger partial charge on any atom is -0.463 e. The van der Waals surface area contributed by atoms with Crippen LogP contribution in [0.15, 0.2) is 0 Å². The van der Waals surface area contributed by atoms with Crippen molar-refractivity contribution in [2.24, 2.45) is 11.8 Å². The molecule has 6 nitrogen and oxygen atoms in total. The molecule has 0 heterocycles. The Hall–Kier alpha value is -1.14. The van der Waals surface area contributed by atoms with Crippen LogP contribution in [0, 0.1) is 11.8 Å². The van der Waals surface area contributed by atoms with Crippen molar-refractivity contribution in [3.8, 4) is 0 Å². The molecule has 3 rings (SSSR count). The summed E-state index contributed by atoms with van der Waals surface area (Å²) in [6.07, 6.45) is 12.7. The minimum absolute atomic E-state index is 0.0573. The lowest BCUT2D eigenvalue weighted by atomic mass is 9.95. The molecule has 2 unspecified atom stereocenters. The van der Waals surface area contributed by atoms with Gasteiger partial charge < -0.3 is 18.9 Å². The number of rotatable bonds is 10. The molecule has 0 aromatic heterocycles. The molecule has 0 bridgehead atoms. The van der Waals surface area contributed by atoms with Gasteiger partial charge in [-0.3, -0.25) is 9.59 Å². The molecular weight excluding hydrogens is 360 g/mol. The molecule has 0 N–H and O–H groups in total. The molecule has 0 radical (unpaired) electrons. The van der Waals surface area contributed by atoms with Crippen LogP contribution < -0.4 is 0 Å². The molecule has 28 heavy (non-hydrogen) atoms. The Balaban J connectivity index is 1.21. The Labute approximate surface area is 168 Å². The van der Waals surface area contributed by atoms with E-state index in [-0.39, 0.29) is 36.0 Å². The van der Waals surface area contributed by atoms with Crippen molar-refractivity contribution in [3.05, 3.63) is 0 Å². The quantitative estimate of drug-likeness (QED) is 0.413. The predicted octanol–water partition coefficient (Wildman–Crippen LogP) is 3.80. The van der Waals surface area contributed by atoms with Crippen molar-refractivity contribution in [2.45, 2.75) is 89.3 Å². The largest absolute Gasteiger partial charge is 0.463 e. The summed E-state index contributed by atoms with van der Waals surface area (Å²) in [4.78, 5) is 23.8. The predicted molar refractivity (Wildman–Crippen MR) is 104 cm³/mol. The van der Waals surface area contributed by atoms with E-state index in [1.165, 1.54) is 0 Å². The van der Waals surface area contributed by atoms with Crippen LogP contribution in [0.25, 0.3) is 0 Å². The standard InChI is InChI=1S/C22H36O6/c23-21(17-6-1-2-7-17)27-14-12-25-19-10-5-11-20(16-19)26-13-15-28-22(24)18-8-3-4-9-18/h17-20H,1-16H2. The normalized spacial score (nSPS) is 26.4. The van der Waals surface area contributed by atoms with Gasteiger partial charge in [0.05, 0.1) is 37.3 Å². The fraction of sp³-hybridized carbons (Fsp3) is 0.909. The smallest absolute Gasteiger partial charge is 0.309 e. The van der Waals surface area contributed by atoms with Crippen molar-refractivity contribution in [1.29, 1.82) is 0 Å². The molecule has 3 saturated carbocycles. The first kappa shape index (κ1) is 21.6. The summed E-state index contributed by atoms with van der Waals surface area (Å²) in [5.74, 6) is 0.0988. The highest BCUT2D eigenvalue weighted by atomic mass is 16.6. The van der Waals surface area contributed by atoms with E-state index in [0.717, 1.165) is 77.0 Å². The van der Waals surface area contributed by atoms with Gasteiger partial charge in [-0.05, 0) is 51.4 Å². The lowest BCUT2D eigenvalue weighted by molar-refractivity contribution is -0.151. The molecule has 3 aliphatic rings. The van der Waals surface area contributed by atoms with Crippen molar-refractivity contribution in [2.75, 3.05) is 26.4 Å². The number of ether oxygens (including phenoxy) is 4. The van der Waals surface area contributed by atoms with Crippen LogP contribution in [0.3, 0.4) is 0 Å². The zero-order valence-corrected chi connectivity index (χ0v) is 17.1. The average molecular weight is 397 g/mol. The van der Waals surface area contributed by atoms with Gasteiger partial charge in [-0.2, -0.15) is 0 Å². The fourth-order valence-electron chi connectivity index (χ4n) is 4.68. The van der Waals surface area contributed by atoms with Gasteiger partial charge in [-0.25, -0.2) is 0 Å². The number of esters is 2. The van der Waals surface area contributed by atoms with E-state index in [4.69, 9.17) is 18.9 Å². The molecule has 0 spiro atoms. The molecule has 0 aromatic rings. The van der Waals surface area contributed by atoms with Crippen molar-refractivity contribution in [1.82, 2.24) is 0 Å². The van der Waals surface area contributed by atoms with Gasteiger partial charge in [0.2, 0.25) is 0 Å². The van der Waals surface area contributed by atoms with Crippen LogP contribution in [0.4, 0.5) is 0 Å². The molecule has 3 aliphatic carbocycles. The lowest BCUT2D eigenvalue weighted by Crippen LogP contribution is -2.30. The first-order valence-corrected chi connectivity index (χ1v) is 11.3. The second-order valence-electron chi connectivity index (χ2n) is 8.45. The van der Waals surface area contributed by atoms with E-state index < -0.39 is 0 Å². The van der Waals surface area contributed by atoms with Crippen LogP contribution >= 0.6 is 0 Å². The minimum atomic E-state index is -0.0573. The molecule has 160 valence electrons. The molecule has 2 atom stereocenters. The summed E-state index contributed by atoms with van der Waals surface area (Å²) < 4.78 is 22.5. The molecule has 0 saturated heterocycles. The topological polar surface area (TPSA) is 71.1 Å². The van der Waals surface area contributed by atoms with Crippen LogP contribution in [0.2, 0.25) is 0 Å². The van der Waals surface area contributed by atoms with E-state index in [2.05, 4.69) is 0 Å². The fourth-order valence-corrected chi connectivity index (χ4v) is 4.68. The van der Waals surface area contributed by atoms with Crippen LogP contribution in [0.5, 0.6) is 0 Å².